The van der Waals surface area contributed by atoms with Crippen LogP contribution < -0.4 is 0 Å². The second-order valence-corrected chi connectivity index (χ2v) is 5.60. The maximum atomic E-state index is 5.57. The molecule has 2 heterocycles. The van der Waals surface area contributed by atoms with Crippen molar-refractivity contribution in [2.24, 2.45) is 0 Å². The molecule has 3 rings (SSSR count). The third kappa shape index (κ3) is 2.61. The number of hydrogen-bond donors (Lipinski definition) is 0. The molecule has 20 heavy (non-hydrogen) atoms. The van der Waals surface area contributed by atoms with E-state index in [9.17, 15) is 0 Å². The van der Waals surface area contributed by atoms with Crippen molar-refractivity contribution in [2.45, 2.75) is 46.1 Å². The van der Waals surface area contributed by atoms with Gasteiger partial charge in [0.2, 0.25) is 0 Å². The number of ether oxygens (including phenoxy) is 1. The van der Waals surface area contributed by atoms with Gasteiger partial charge in [-0.15, -0.1) is 0 Å². The molecule has 0 amide bonds. The molecule has 1 saturated heterocycles. The molecule has 1 aromatic carbocycles. The van der Waals surface area contributed by atoms with E-state index in [2.05, 4.69) is 43.0 Å². The first-order valence-electron chi connectivity index (χ1n) is 7.14. The van der Waals surface area contributed by atoms with E-state index in [4.69, 9.17) is 9.26 Å². The first kappa shape index (κ1) is 13.3. The zero-order chi connectivity index (χ0) is 14.1. The number of nitrogens with zero attached hydrogens (tertiary/aromatic N) is 2. The maximum Gasteiger partial charge on any atom is 0.255 e. The summed E-state index contributed by atoms with van der Waals surface area (Å²) in [7, 11) is 0. The van der Waals surface area contributed by atoms with E-state index < -0.39 is 0 Å². The molecule has 1 aliphatic rings. The highest BCUT2D eigenvalue weighted by Gasteiger charge is 2.24. The summed E-state index contributed by atoms with van der Waals surface area (Å²) in [5.41, 5.74) is 5.14. The minimum absolute atomic E-state index is 0.00328. The minimum Gasteiger partial charge on any atom is -0.368 e. The molecule has 0 bridgehead atoms. The van der Waals surface area contributed by atoms with Crippen LogP contribution in [-0.4, -0.2) is 16.7 Å². The predicted octanol–water partition coefficient (Wildman–Crippen LogP) is 3.44. The van der Waals surface area contributed by atoms with Crippen LogP contribution >= 0.6 is 0 Å². The third-order valence-corrected chi connectivity index (χ3v) is 3.86. The fourth-order valence-electron chi connectivity index (χ4n) is 2.89. The highest BCUT2D eigenvalue weighted by atomic mass is 16.5. The van der Waals surface area contributed by atoms with Crippen LogP contribution in [0.3, 0.4) is 0 Å². The lowest BCUT2D eigenvalue weighted by atomic mass is 9.97. The van der Waals surface area contributed by atoms with Crippen molar-refractivity contribution in [3.63, 3.8) is 0 Å². The van der Waals surface area contributed by atoms with Crippen molar-refractivity contribution in [3.8, 4) is 0 Å². The summed E-state index contributed by atoms with van der Waals surface area (Å²) in [6, 6.07) is 4.40. The van der Waals surface area contributed by atoms with E-state index in [-0.39, 0.29) is 6.10 Å². The number of benzene rings is 1. The highest BCUT2D eigenvalue weighted by molar-refractivity contribution is 5.38. The van der Waals surface area contributed by atoms with Crippen molar-refractivity contribution in [1.82, 2.24) is 10.1 Å². The Kier molecular flexibility index (Phi) is 3.57. The minimum atomic E-state index is -0.00328. The Morgan fingerprint density at radius 3 is 2.60 bits per heavy atom. The molecule has 4 heteroatoms. The predicted molar refractivity (Wildman–Crippen MR) is 75.7 cm³/mol. The van der Waals surface area contributed by atoms with Gasteiger partial charge in [-0.2, -0.15) is 4.98 Å². The van der Waals surface area contributed by atoms with Crippen LogP contribution in [0, 0.1) is 20.8 Å². The maximum absolute atomic E-state index is 5.57. The summed E-state index contributed by atoms with van der Waals surface area (Å²) in [4.78, 5) is 4.49. The molecule has 1 atom stereocenters. The van der Waals surface area contributed by atoms with E-state index in [0.29, 0.717) is 12.3 Å². The molecular formula is C16H20N2O2. The molecule has 0 N–H and O–H groups in total. The van der Waals surface area contributed by atoms with Crippen molar-refractivity contribution in [1.29, 1.82) is 0 Å². The Bertz CT molecular complexity index is 590. The Labute approximate surface area is 119 Å². The standard InChI is InChI=1S/C16H20N2O2/c1-10-7-11(2)13(12(3)8-10)9-15-17-16(20-18-15)14-5-4-6-19-14/h7-8,14H,4-6,9H2,1-3H3/t14-/m0/s1. The Morgan fingerprint density at radius 1 is 1.20 bits per heavy atom. The SMILES string of the molecule is Cc1cc(C)c(Cc2noc([C@@H]3CCCO3)n2)c(C)c1. The highest BCUT2D eigenvalue weighted by Crippen LogP contribution is 2.27. The van der Waals surface area contributed by atoms with Gasteiger partial charge >= 0.3 is 0 Å². The smallest absolute Gasteiger partial charge is 0.255 e. The van der Waals surface area contributed by atoms with Gasteiger partial charge in [-0.1, -0.05) is 22.9 Å². The number of rotatable bonds is 3. The second kappa shape index (κ2) is 5.37. The molecule has 2 aromatic rings. The second-order valence-electron chi connectivity index (χ2n) is 5.60. The van der Waals surface area contributed by atoms with Gasteiger partial charge in [-0.3, -0.25) is 0 Å². The van der Waals surface area contributed by atoms with Gasteiger partial charge in [0.05, 0.1) is 0 Å². The Morgan fingerprint density at radius 2 is 1.95 bits per heavy atom. The van der Waals surface area contributed by atoms with E-state index >= 15 is 0 Å². The number of aryl methyl sites for hydroxylation is 3. The van der Waals surface area contributed by atoms with Gasteiger partial charge < -0.3 is 9.26 Å². The van der Waals surface area contributed by atoms with Crippen LogP contribution in [0.2, 0.25) is 0 Å². The van der Waals surface area contributed by atoms with Gasteiger partial charge in [-0.25, -0.2) is 0 Å². The van der Waals surface area contributed by atoms with Crippen LogP contribution in [0.15, 0.2) is 16.7 Å². The first-order chi connectivity index (χ1) is 9.63. The van der Waals surface area contributed by atoms with E-state index in [0.717, 1.165) is 25.3 Å². The van der Waals surface area contributed by atoms with Gasteiger partial charge in [0.25, 0.3) is 5.89 Å². The quantitative estimate of drug-likeness (QED) is 0.858. The summed E-state index contributed by atoms with van der Waals surface area (Å²) in [6.07, 6.45) is 2.76. The molecule has 1 aliphatic heterocycles. The van der Waals surface area contributed by atoms with E-state index in [1.165, 1.54) is 22.3 Å². The topological polar surface area (TPSA) is 48.2 Å². The van der Waals surface area contributed by atoms with Crippen molar-refractivity contribution < 1.29 is 9.26 Å². The summed E-state index contributed by atoms with van der Waals surface area (Å²) >= 11 is 0. The van der Waals surface area contributed by atoms with E-state index in [1.54, 1.807) is 0 Å². The summed E-state index contributed by atoms with van der Waals surface area (Å²) < 4.78 is 10.9. The van der Waals surface area contributed by atoms with Crippen LogP contribution in [0.25, 0.3) is 0 Å². The van der Waals surface area contributed by atoms with Gasteiger partial charge in [0, 0.05) is 13.0 Å². The molecule has 1 aromatic heterocycles. The van der Waals surface area contributed by atoms with Crippen LogP contribution in [0.5, 0.6) is 0 Å². The monoisotopic (exact) mass is 272 g/mol. The molecule has 1 fully saturated rings. The largest absolute Gasteiger partial charge is 0.368 e. The van der Waals surface area contributed by atoms with Gasteiger partial charge in [0.1, 0.15) is 6.10 Å². The summed E-state index contributed by atoms with van der Waals surface area (Å²) in [5, 5.41) is 4.09. The molecule has 0 aliphatic carbocycles. The van der Waals surface area contributed by atoms with Gasteiger partial charge in [-0.05, 0) is 50.3 Å². The molecule has 0 unspecified atom stereocenters. The Hall–Kier alpha value is -1.68. The summed E-state index contributed by atoms with van der Waals surface area (Å²) in [6.45, 7) is 7.18. The fraction of sp³-hybridized carbons (Fsp3) is 0.500. The molecule has 0 saturated carbocycles. The first-order valence-corrected chi connectivity index (χ1v) is 7.14. The number of hydrogen-bond acceptors (Lipinski definition) is 4. The zero-order valence-corrected chi connectivity index (χ0v) is 12.3. The van der Waals surface area contributed by atoms with Crippen LogP contribution in [0.1, 0.15) is 52.9 Å². The third-order valence-electron chi connectivity index (χ3n) is 3.86. The lowest BCUT2D eigenvalue weighted by Crippen LogP contribution is -2.00. The molecular weight excluding hydrogens is 252 g/mol. The van der Waals surface area contributed by atoms with Crippen molar-refractivity contribution in [2.75, 3.05) is 6.61 Å². The van der Waals surface area contributed by atoms with Gasteiger partial charge in [0.15, 0.2) is 5.82 Å². The zero-order valence-electron chi connectivity index (χ0n) is 12.3. The van der Waals surface area contributed by atoms with E-state index in [1.807, 2.05) is 0 Å². The van der Waals surface area contributed by atoms with Crippen LogP contribution in [-0.2, 0) is 11.2 Å². The van der Waals surface area contributed by atoms with Crippen molar-refractivity contribution in [3.05, 3.63) is 46.1 Å². The molecule has 106 valence electrons. The number of aromatic nitrogens is 2. The van der Waals surface area contributed by atoms with Crippen LogP contribution in [0.4, 0.5) is 0 Å². The Balaban J connectivity index is 1.81. The average Bonchev–Trinajstić information content (AvgIpc) is 3.04. The summed E-state index contributed by atoms with van der Waals surface area (Å²) in [5.74, 6) is 1.37. The van der Waals surface area contributed by atoms with Crippen molar-refractivity contribution >= 4 is 0 Å². The molecule has 4 nitrogen and oxygen atoms in total. The molecule has 0 radical (unpaired) electrons. The lowest BCUT2D eigenvalue weighted by molar-refractivity contribution is 0.0835. The lowest BCUT2D eigenvalue weighted by Gasteiger charge is -2.09. The molecule has 0 spiro atoms. The fourth-order valence-corrected chi connectivity index (χ4v) is 2.89. The average molecular weight is 272 g/mol. The normalized spacial score (nSPS) is 18.6.